The highest BCUT2D eigenvalue weighted by Gasteiger charge is 2.21. The first-order valence-corrected chi connectivity index (χ1v) is 7.37. The predicted octanol–water partition coefficient (Wildman–Crippen LogP) is 3.71. The Labute approximate surface area is 130 Å². The number of nitrogens with one attached hydrogen (secondary N) is 1. The van der Waals surface area contributed by atoms with E-state index < -0.39 is 0 Å². The molecule has 114 valence electrons. The van der Waals surface area contributed by atoms with E-state index in [1.54, 1.807) is 6.33 Å². The van der Waals surface area contributed by atoms with Crippen molar-refractivity contribution in [2.24, 2.45) is 7.05 Å². The van der Waals surface area contributed by atoms with Crippen LogP contribution in [0.2, 0.25) is 0 Å². The van der Waals surface area contributed by atoms with Crippen molar-refractivity contribution in [3.05, 3.63) is 42.1 Å². The molecule has 0 aliphatic rings. The molecule has 3 aromatic rings. The van der Waals surface area contributed by atoms with Gasteiger partial charge in [-0.1, -0.05) is 20.8 Å². The molecule has 0 saturated carbocycles. The zero-order valence-corrected chi connectivity index (χ0v) is 13.7. The molecule has 5 heteroatoms. The third kappa shape index (κ3) is 2.66. The van der Waals surface area contributed by atoms with Gasteiger partial charge in [-0.3, -0.25) is 0 Å². The van der Waals surface area contributed by atoms with E-state index in [1.165, 1.54) is 0 Å². The van der Waals surface area contributed by atoms with Crippen molar-refractivity contribution in [3.8, 4) is 0 Å². The van der Waals surface area contributed by atoms with Crippen LogP contribution in [-0.2, 0) is 12.5 Å². The van der Waals surface area contributed by atoms with Crippen molar-refractivity contribution >= 4 is 22.5 Å². The van der Waals surface area contributed by atoms with E-state index in [1.807, 2.05) is 19.1 Å². The van der Waals surface area contributed by atoms with Crippen LogP contribution < -0.4 is 5.32 Å². The first-order chi connectivity index (χ1) is 10.3. The summed E-state index contributed by atoms with van der Waals surface area (Å²) in [6.45, 7) is 8.48. The van der Waals surface area contributed by atoms with Crippen molar-refractivity contribution in [2.45, 2.75) is 33.1 Å². The Morgan fingerprint density at radius 2 is 1.86 bits per heavy atom. The van der Waals surface area contributed by atoms with Crippen LogP contribution in [0.3, 0.4) is 0 Å². The average Bonchev–Trinajstić information content (AvgIpc) is 2.76. The number of imidazole rings is 1. The summed E-state index contributed by atoms with van der Waals surface area (Å²) in [4.78, 5) is 13.1. The highest BCUT2D eigenvalue weighted by atomic mass is 15.1. The molecule has 2 aromatic heterocycles. The van der Waals surface area contributed by atoms with Crippen molar-refractivity contribution in [1.82, 2.24) is 19.5 Å². The normalized spacial score (nSPS) is 11.9. The molecule has 1 aromatic carbocycles. The molecule has 2 heterocycles. The molecule has 0 spiro atoms. The van der Waals surface area contributed by atoms with Crippen molar-refractivity contribution in [2.75, 3.05) is 5.32 Å². The van der Waals surface area contributed by atoms with Crippen molar-refractivity contribution in [3.63, 3.8) is 0 Å². The third-order valence-corrected chi connectivity index (χ3v) is 3.63. The van der Waals surface area contributed by atoms with E-state index >= 15 is 0 Å². The number of benzene rings is 1. The van der Waals surface area contributed by atoms with Gasteiger partial charge in [0.25, 0.3) is 0 Å². The monoisotopic (exact) mass is 295 g/mol. The Balaban J connectivity index is 2.00. The van der Waals surface area contributed by atoms with Gasteiger partial charge in [-0.25, -0.2) is 15.0 Å². The Hall–Kier alpha value is -2.43. The number of anilines is 2. The minimum absolute atomic E-state index is 0.0190. The molecule has 0 amide bonds. The second-order valence-electron chi connectivity index (χ2n) is 6.62. The van der Waals surface area contributed by atoms with E-state index in [9.17, 15) is 0 Å². The molecule has 0 atom stereocenters. The molecular weight excluding hydrogens is 274 g/mol. The Kier molecular flexibility index (Phi) is 3.35. The number of aryl methyl sites for hydroxylation is 2. The number of hydrogen-bond donors (Lipinski definition) is 1. The lowest BCUT2D eigenvalue weighted by atomic mass is 9.96. The first-order valence-electron chi connectivity index (χ1n) is 7.37. The fourth-order valence-electron chi connectivity index (χ4n) is 2.62. The predicted molar refractivity (Wildman–Crippen MR) is 89.5 cm³/mol. The second kappa shape index (κ2) is 5.09. The number of nitrogens with zero attached hydrogens (tertiary/aromatic N) is 4. The number of hydrogen-bond acceptors (Lipinski definition) is 4. The van der Waals surface area contributed by atoms with Gasteiger partial charge in [-0.05, 0) is 25.1 Å². The maximum atomic E-state index is 4.79. The quantitative estimate of drug-likeness (QED) is 0.783. The molecule has 5 nitrogen and oxygen atoms in total. The maximum Gasteiger partial charge on any atom is 0.133 e. The maximum absolute atomic E-state index is 4.79. The van der Waals surface area contributed by atoms with Crippen LogP contribution in [0.1, 0.15) is 32.3 Å². The summed E-state index contributed by atoms with van der Waals surface area (Å²) in [6, 6.07) is 8.12. The van der Waals surface area contributed by atoms with Gasteiger partial charge in [0, 0.05) is 29.9 Å². The summed E-state index contributed by atoms with van der Waals surface area (Å²) in [5.41, 5.74) is 4.05. The zero-order chi connectivity index (χ0) is 15.9. The summed E-state index contributed by atoms with van der Waals surface area (Å²) in [5, 5.41) is 3.30. The van der Waals surface area contributed by atoms with Gasteiger partial charge in [0.1, 0.15) is 18.0 Å². The van der Waals surface area contributed by atoms with Crippen LogP contribution in [0.15, 0.2) is 30.6 Å². The minimum atomic E-state index is 0.0190. The zero-order valence-electron chi connectivity index (χ0n) is 13.7. The van der Waals surface area contributed by atoms with Crippen LogP contribution in [0, 0.1) is 6.92 Å². The molecule has 0 radical (unpaired) electrons. The van der Waals surface area contributed by atoms with Crippen LogP contribution in [0.5, 0.6) is 0 Å². The fourth-order valence-corrected chi connectivity index (χ4v) is 2.62. The summed E-state index contributed by atoms with van der Waals surface area (Å²) in [6.07, 6.45) is 1.56. The Bertz CT molecular complexity index is 827. The van der Waals surface area contributed by atoms with Crippen LogP contribution in [0.4, 0.5) is 11.5 Å². The lowest BCUT2D eigenvalue weighted by molar-refractivity contribution is 0.526. The second-order valence-corrected chi connectivity index (χ2v) is 6.62. The van der Waals surface area contributed by atoms with Gasteiger partial charge >= 0.3 is 0 Å². The van der Waals surface area contributed by atoms with Crippen LogP contribution >= 0.6 is 0 Å². The summed E-state index contributed by atoms with van der Waals surface area (Å²) < 4.78 is 2.16. The first kappa shape index (κ1) is 14.5. The minimum Gasteiger partial charge on any atom is -0.340 e. The standard InChI is InChI=1S/C17H21N5/c1-11-8-15(19-10-18-11)20-12-6-7-14-13(9-12)21-16(22(14)5)17(2,3)4/h6-10H,1-5H3,(H,18,19,20). The topological polar surface area (TPSA) is 55.6 Å². The Morgan fingerprint density at radius 3 is 2.55 bits per heavy atom. The van der Waals surface area contributed by atoms with Crippen molar-refractivity contribution in [1.29, 1.82) is 0 Å². The lowest BCUT2D eigenvalue weighted by Gasteiger charge is -2.17. The van der Waals surface area contributed by atoms with Gasteiger partial charge in [-0.2, -0.15) is 0 Å². The molecular formula is C17H21N5. The summed E-state index contributed by atoms with van der Waals surface area (Å²) >= 11 is 0. The molecule has 22 heavy (non-hydrogen) atoms. The molecule has 1 N–H and O–H groups in total. The SMILES string of the molecule is Cc1cc(Nc2ccc3c(c2)nc(C(C)(C)C)n3C)ncn1. The van der Waals surface area contributed by atoms with E-state index in [0.717, 1.165) is 34.1 Å². The Morgan fingerprint density at radius 1 is 1.09 bits per heavy atom. The van der Waals surface area contributed by atoms with Crippen molar-refractivity contribution < 1.29 is 0 Å². The number of aromatic nitrogens is 4. The molecule has 3 rings (SSSR count). The van der Waals surface area contributed by atoms with Gasteiger partial charge in [0.05, 0.1) is 11.0 Å². The van der Waals surface area contributed by atoms with Gasteiger partial charge in [0.15, 0.2) is 0 Å². The molecule has 0 aliphatic heterocycles. The summed E-state index contributed by atoms with van der Waals surface area (Å²) in [7, 11) is 2.07. The molecule has 0 saturated heterocycles. The van der Waals surface area contributed by atoms with E-state index in [0.29, 0.717) is 0 Å². The largest absolute Gasteiger partial charge is 0.340 e. The van der Waals surface area contributed by atoms with E-state index in [4.69, 9.17) is 4.98 Å². The number of rotatable bonds is 2. The number of fused-ring (bicyclic) bond motifs is 1. The summed E-state index contributed by atoms with van der Waals surface area (Å²) in [5.74, 6) is 1.87. The van der Waals surface area contributed by atoms with Gasteiger partial charge < -0.3 is 9.88 Å². The molecule has 0 fully saturated rings. The average molecular weight is 295 g/mol. The van der Waals surface area contributed by atoms with Gasteiger partial charge in [0.2, 0.25) is 0 Å². The van der Waals surface area contributed by atoms with E-state index in [2.05, 4.69) is 59.8 Å². The third-order valence-electron chi connectivity index (χ3n) is 3.63. The van der Waals surface area contributed by atoms with Crippen LogP contribution in [0.25, 0.3) is 11.0 Å². The molecule has 0 bridgehead atoms. The smallest absolute Gasteiger partial charge is 0.133 e. The molecule has 0 unspecified atom stereocenters. The van der Waals surface area contributed by atoms with Gasteiger partial charge in [-0.15, -0.1) is 0 Å². The van der Waals surface area contributed by atoms with Crippen LogP contribution in [-0.4, -0.2) is 19.5 Å². The highest BCUT2D eigenvalue weighted by Crippen LogP contribution is 2.27. The highest BCUT2D eigenvalue weighted by molar-refractivity contribution is 5.81. The fraction of sp³-hybridized carbons (Fsp3) is 0.353. The molecule has 0 aliphatic carbocycles. The lowest BCUT2D eigenvalue weighted by Crippen LogP contribution is -2.17. The van der Waals surface area contributed by atoms with E-state index in [-0.39, 0.29) is 5.41 Å².